The molecule has 1 fully saturated rings. The highest BCUT2D eigenvalue weighted by molar-refractivity contribution is 5.93. The lowest BCUT2D eigenvalue weighted by Gasteiger charge is -2.33. The summed E-state index contributed by atoms with van der Waals surface area (Å²) in [7, 11) is 0. The van der Waals surface area contributed by atoms with Gasteiger partial charge in [-0.15, -0.1) is 0 Å². The number of aryl methyl sites for hydroxylation is 2. The van der Waals surface area contributed by atoms with Gasteiger partial charge in [0, 0.05) is 36.7 Å². The highest BCUT2D eigenvalue weighted by atomic mass is 16.1. The van der Waals surface area contributed by atoms with Crippen molar-refractivity contribution in [3.8, 4) is 0 Å². The van der Waals surface area contributed by atoms with Crippen LogP contribution in [0.25, 0.3) is 5.52 Å². The van der Waals surface area contributed by atoms with Gasteiger partial charge in [0.15, 0.2) is 5.82 Å². The van der Waals surface area contributed by atoms with Crippen LogP contribution in [0.15, 0.2) is 42.7 Å². The van der Waals surface area contributed by atoms with E-state index in [1.54, 1.807) is 0 Å². The smallest absolute Gasteiger partial charge is 0.229 e. The number of hydrogen-bond acceptors (Lipinski definition) is 4. The van der Waals surface area contributed by atoms with Crippen LogP contribution in [0.1, 0.15) is 36.9 Å². The molecule has 1 N–H and O–H groups in total. The van der Waals surface area contributed by atoms with E-state index in [1.807, 2.05) is 47.2 Å². The average Bonchev–Trinajstić information content (AvgIpc) is 3.13. The van der Waals surface area contributed by atoms with Gasteiger partial charge < -0.3 is 10.2 Å². The summed E-state index contributed by atoms with van der Waals surface area (Å²) in [6.45, 7) is 1.63. The molecule has 144 valence electrons. The summed E-state index contributed by atoms with van der Waals surface area (Å²) >= 11 is 0. The maximum absolute atomic E-state index is 12.8. The number of nitrogens with one attached hydrogen (secondary N) is 1. The number of carbonyl (C=O) groups is 1. The first-order valence-electron chi connectivity index (χ1n) is 10.3. The lowest BCUT2D eigenvalue weighted by atomic mass is 9.95. The molecule has 1 aliphatic carbocycles. The molecular formula is C22H25N5O. The second kappa shape index (κ2) is 7.26. The van der Waals surface area contributed by atoms with E-state index in [1.165, 1.54) is 24.1 Å². The molecule has 2 aliphatic rings. The van der Waals surface area contributed by atoms with Crippen LogP contribution in [-0.2, 0) is 17.6 Å². The van der Waals surface area contributed by atoms with Gasteiger partial charge in [-0.1, -0.05) is 18.2 Å². The Hall–Kier alpha value is -2.89. The Morgan fingerprint density at radius 3 is 2.86 bits per heavy atom. The second-order valence-electron chi connectivity index (χ2n) is 7.82. The molecule has 0 unspecified atom stereocenters. The molecule has 1 aliphatic heterocycles. The Balaban J connectivity index is 1.41. The molecule has 6 heteroatoms. The van der Waals surface area contributed by atoms with Crippen LogP contribution in [0, 0.1) is 5.92 Å². The van der Waals surface area contributed by atoms with E-state index >= 15 is 0 Å². The van der Waals surface area contributed by atoms with Gasteiger partial charge in [-0.3, -0.25) is 4.79 Å². The first-order chi connectivity index (χ1) is 13.8. The average molecular weight is 375 g/mol. The van der Waals surface area contributed by atoms with Gasteiger partial charge in [-0.25, -0.2) is 9.50 Å². The van der Waals surface area contributed by atoms with E-state index in [9.17, 15) is 4.79 Å². The monoisotopic (exact) mass is 375 g/mol. The Labute approximate surface area is 164 Å². The Morgan fingerprint density at radius 1 is 1.11 bits per heavy atom. The first-order valence-corrected chi connectivity index (χ1v) is 10.3. The fourth-order valence-electron chi connectivity index (χ4n) is 4.53. The number of para-hydroxylation sites is 1. The summed E-state index contributed by atoms with van der Waals surface area (Å²) in [5.74, 6) is 1.04. The highest BCUT2D eigenvalue weighted by Crippen LogP contribution is 2.32. The molecule has 1 atom stereocenters. The minimum absolute atomic E-state index is 0.0326. The maximum atomic E-state index is 12.8. The predicted molar refractivity (Wildman–Crippen MR) is 110 cm³/mol. The van der Waals surface area contributed by atoms with Gasteiger partial charge in [-0.2, -0.15) is 5.10 Å². The number of aromatic nitrogens is 3. The number of rotatable bonds is 3. The fraction of sp³-hybridized carbons (Fsp3) is 0.409. The van der Waals surface area contributed by atoms with Crippen molar-refractivity contribution in [3.63, 3.8) is 0 Å². The summed E-state index contributed by atoms with van der Waals surface area (Å²) in [6.07, 6.45) is 10.2. The van der Waals surface area contributed by atoms with Crippen LogP contribution in [0.2, 0.25) is 0 Å². The second-order valence-corrected chi connectivity index (χ2v) is 7.82. The van der Waals surface area contributed by atoms with Crippen molar-refractivity contribution in [1.82, 2.24) is 14.6 Å². The summed E-state index contributed by atoms with van der Waals surface area (Å²) in [5.41, 5.74) is 4.57. The third kappa shape index (κ3) is 3.13. The van der Waals surface area contributed by atoms with Crippen LogP contribution in [0.3, 0.4) is 0 Å². The molecule has 0 bridgehead atoms. The molecule has 1 aromatic carbocycles. The van der Waals surface area contributed by atoms with Crippen molar-refractivity contribution in [2.45, 2.75) is 38.5 Å². The largest absolute Gasteiger partial charge is 0.354 e. The molecule has 3 heterocycles. The number of benzene rings is 1. The maximum Gasteiger partial charge on any atom is 0.229 e. The minimum atomic E-state index is -0.0326. The summed E-state index contributed by atoms with van der Waals surface area (Å²) in [4.78, 5) is 19.8. The SMILES string of the molecule is O=C(Nc1ccccc1)[C@H]1CCCN(c2nccn3nc4c(c23)CCCC4)C1. The van der Waals surface area contributed by atoms with Gasteiger partial charge in [0.2, 0.25) is 5.91 Å². The zero-order valence-corrected chi connectivity index (χ0v) is 16.0. The third-order valence-electron chi connectivity index (χ3n) is 5.93. The van der Waals surface area contributed by atoms with Crippen LogP contribution in [-0.4, -0.2) is 33.6 Å². The number of carbonyl (C=O) groups excluding carboxylic acids is 1. The van der Waals surface area contributed by atoms with Crippen molar-refractivity contribution < 1.29 is 4.79 Å². The van der Waals surface area contributed by atoms with E-state index in [0.717, 1.165) is 49.2 Å². The standard InChI is InChI=1S/C22H25N5O/c28-22(24-17-8-2-1-3-9-17)16-7-6-13-26(15-16)21-20-18-10-4-5-11-19(18)25-27(20)14-12-23-21/h1-3,8-9,12,14,16H,4-7,10-11,13,15H2,(H,24,28)/t16-/m0/s1. The molecule has 5 rings (SSSR count). The topological polar surface area (TPSA) is 62.5 Å². The number of nitrogens with zero attached hydrogens (tertiary/aromatic N) is 4. The zero-order chi connectivity index (χ0) is 18.9. The van der Waals surface area contributed by atoms with Crippen molar-refractivity contribution in [2.24, 2.45) is 5.92 Å². The summed E-state index contributed by atoms with van der Waals surface area (Å²) < 4.78 is 1.99. The molecule has 2 aromatic heterocycles. The molecule has 6 nitrogen and oxygen atoms in total. The van der Waals surface area contributed by atoms with Crippen LogP contribution < -0.4 is 10.2 Å². The summed E-state index contributed by atoms with van der Waals surface area (Å²) in [6, 6.07) is 9.70. The predicted octanol–water partition coefficient (Wildman–Crippen LogP) is 3.46. The lowest BCUT2D eigenvalue weighted by molar-refractivity contribution is -0.120. The molecule has 3 aromatic rings. The van der Waals surface area contributed by atoms with Crippen LogP contribution in [0.4, 0.5) is 11.5 Å². The van der Waals surface area contributed by atoms with Gasteiger partial charge in [0.25, 0.3) is 0 Å². The lowest BCUT2D eigenvalue weighted by Crippen LogP contribution is -2.41. The molecule has 0 spiro atoms. The van der Waals surface area contributed by atoms with E-state index in [2.05, 4.69) is 10.2 Å². The van der Waals surface area contributed by atoms with Gasteiger partial charge >= 0.3 is 0 Å². The van der Waals surface area contributed by atoms with E-state index in [4.69, 9.17) is 10.1 Å². The van der Waals surface area contributed by atoms with E-state index in [0.29, 0.717) is 6.54 Å². The number of anilines is 2. The van der Waals surface area contributed by atoms with Crippen molar-refractivity contribution in [2.75, 3.05) is 23.3 Å². The molecule has 1 saturated heterocycles. The van der Waals surface area contributed by atoms with Gasteiger partial charge in [-0.05, 0) is 50.7 Å². The minimum Gasteiger partial charge on any atom is -0.354 e. The highest BCUT2D eigenvalue weighted by Gasteiger charge is 2.29. The van der Waals surface area contributed by atoms with E-state index < -0.39 is 0 Å². The molecule has 0 saturated carbocycles. The van der Waals surface area contributed by atoms with Crippen LogP contribution in [0.5, 0.6) is 0 Å². The van der Waals surface area contributed by atoms with Gasteiger partial charge in [0.1, 0.15) is 5.52 Å². The molecule has 28 heavy (non-hydrogen) atoms. The Morgan fingerprint density at radius 2 is 1.96 bits per heavy atom. The van der Waals surface area contributed by atoms with Crippen molar-refractivity contribution in [3.05, 3.63) is 54.0 Å². The molecule has 0 radical (unpaired) electrons. The number of amides is 1. The van der Waals surface area contributed by atoms with E-state index in [-0.39, 0.29) is 11.8 Å². The summed E-state index contributed by atoms with van der Waals surface area (Å²) in [5, 5.41) is 7.85. The third-order valence-corrected chi connectivity index (χ3v) is 5.93. The van der Waals surface area contributed by atoms with Crippen molar-refractivity contribution in [1.29, 1.82) is 0 Å². The zero-order valence-electron chi connectivity index (χ0n) is 16.0. The van der Waals surface area contributed by atoms with Crippen LogP contribution >= 0.6 is 0 Å². The molecular weight excluding hydrogens is 350 g/mol. The number of fused-ring (bicyclic) bond motifs is 3. The fourth-order valence-corrected chi connectivity index (χ4v) is 4.53. The first kappa shape index (κ1) is 17.2. The number of piperidine rings is 1. The van der Waals surface area contributed by atoms with Crippen molar-refractivity contribution >= 4 is 22.9 Å². The van der Waals surface area contributed by atoms with Gasteiger partial charge in [0.05, 0.1) is 11.6 Å². The quantitative estimate of drug-likeness (QED) is 0.761. The normalized spacial score (nSPS) is 19.4. The Bertz CT molecular complexity index is 997. The molecule has 1 amide bonds. The Kier molecular flexibility index (Phi) is 4.47. The number of hydrogen-bond donors (Lipinski definition) is 1.